The summed E-state index contributed by atoms with van der Waals surface area (Å²) in [6.07, 6.45) is 3.14. The van der Waals surface area contributed by atoms with Crippen LogP contribution in [0.2, 0.25) is 0 Å². The molecule has 0 aromatic heterocycles. The number of fused-ring (bicyclic) bond motifs is 1. The van der Waals surface area contributed by atoms with Gasteiger partial charge in [0, 0.05) is 11.1 Å². The second-order valence-corrected chi connectivity index (χ2v) is 7.14. The molecule has 4 heteroatoms. The topological polar surface area (TPSA) is 46.5 Å². The summed E-state index contributed by atoms with van der Waals surface area (Å²) in [5.41, 5.74) is 1.05. The molecule has 3 nitrogen and oxygen atoms in total. The van der Waals surface area contributed by atoms with Gasteiger partial charge >= 0.3 is 0 Å². The standard InChI is InChI=1S/C10H15NO2S/c1-9(2)7-3-4-10(9)6-14(12,13)11-8(10)5-7/h7H,3-6H2,1-2H3/t7?,10-/m0/s1. The molecule has 2 fully saturated rings. The van der Waals surface area contributed by atoms with Gasteiger partial charge in [-0.2, -0.15) is 4.40 Å². The molecule has 1 heterocycles. The van der Waals surface area contributed by atoms with E-state index in [-0.39, 0.29) is 16.6 Å². The number of hydrogen-bond acceptors (Lipinski definition) is 2. The Morgan fingerprint density at radius 3 is 2.71 bits per heavy atom. The predicted molar refractivity (Wildman–Crippen MR) is 54.8 cm³/mol. The van der Waals surface area contributed by atoms with Crippen molar-refractivity contribution >= 4 is 15.7 Å². The van der Waals surface area contributed by atoms with Gasteiger partial charge in [-0.25, -0.2) is 8.42 Å². The summed E-state index contributed by atoms with van der Waals surface area (Å²) < 4.78 is 27.0. The minimum Gasteiger partial charge on any atom is -0.205 e. The zero-order valence-corrected chi connectivity index (χ0v) is 9.39. The zero-order valence-electron chi connectivity index (χ0n) is 8.58. The number of hydrogen-bond donors (Lipinski definition) is 0. The molecule has 0 aromatic carbocycles. The van der Waals surface area contributed by atoms with Crippen LogP contribution in [0, 0.1) is 16.7 Å². The highest BCUT2D eigenvalue weighted by molar-refractivity contribution is 7.90. The average Bonchev–Trinajstić information content (AvgIpc) is 2.50. The molecule has 2 aliphatic carbocycles. The Morgan fingerprint density at radius 1 is 1.43 bits per heavy atom. The van der Waals surface area contributed by atoms with Crippen molar-refractivity contribution in [1.82, 2.24) is 0 Å². The largest absolute Gasteiger partial charge is 0.254 e. The van der Waals surface area contributed by atoms with Gasteiger partial charge in [0.2, 0.25) is 0 Å². The van der Waals surface area contributed by atoms with Gasteiger partial charge in [-0.05, 0) is 30.6 Å². The van der Waals surface area contributed by atoms with E-state index in [0.29, 0.717) is 5.92 Å². The van der Waals surface area contributed by atoms with Gasteiger partial charge in [-0.1, -0.05) is 13.8 Å². The second kappa shape index (κ2) is 2.08. The van der Waals surface area contributed by atoms with Gasteiger partial charge in [0.05, 0.1) is 5.75 Å². The van der Waals surface area contributed by atoms with Crippen LogP contribution in [0.3, 0.4) is 0 Å². The lowest BCUT2D eigenvalue weighted by molar-refractivity contribution is 0.198. The molecule has 2 atom stereocenters. The fourth-order valence-electron chi connectivity index (χ4n) is 3.77. The van der Waals surface area contributed by atoms with Crippen molar-refractivity contribution in [2.24, 2.45) is 21.1 Å². The van der Waals surface area contributed by atoms with E-state index in [4.69, 9.17) is 0 Å². The van der Waals surface area contributed by atoms with Gasteiger partial charge < -0.3 is 0 Å². The first kappa shape index (κ1) is 8.89. The van der Waals surface area contributed by atoms with E-state index in [1.807, 2.05) is 0 Å². The molecule has 78 valence electrons. The fourth-order valence-corrected chi connectivity index (χ4v) is 5.73. The molecule has 0 saturated heterocycles. The van der Waals surface area contributed by atoms with Gasteiger partial charge in [0.1, 0.15) is 0 Å². The molecule has 1 aliphatic heterocycles. The Balaban J connectivity index is 2.22. The quantitative estimate of drug-likeness (QED) is 0.613. The summed E-state index contributed by atoms with van der Waals surface area (Å²) in [6, 6.07) is 0. The van der Waals surface area contributed by atoms with Crippen LogP contribution in [0.4, 0.5) is 0 Å². The summed E-state index contributed by atoms with van der Waals surface area (Å²) >= 11 is 0. The van der Waals surface area contributed by atoms with Gasteiger partial charge in [0.15, 0.2) is 0 Å². The Labute approximate surface area is 84.7 Å². The molecule has 1 unspecified atom stereocenters. The molecule has 0 N–H and O–H groups in total. The fraction of sp³-hybridized carbons (Fsp3) is 0.900. The third kappa shape index (κ3) is 0.757. The van der Waals surface area contributed by atoms with Crippen molar-refractivity contribution in [3.8, 4) is 0 Å². The van der Waals surface area contributed by atoms with E-state index in [9.17, 15) is 8.42 Å². The van der Waals surface area contributed by atoms with E-state index >= 15 is 0 Å². The van der Waals surface area contributed by atoms with Crippen LogP contribution in [0.15, 0.2) is 4.40 Å². The lowest BCUT2D eigenvalue weighted by atomic mass is 9.70. The normalized spacial score (nSPS) is 46.4. The van der Waals surface area contributed by atoms with Crippen LogP contribution in [0.1, 0.15) is 33.1 Å². The first-order chi connectivity index (χ1) is 6.37. The number of nitrogens with zero attached hydrogens (tertiary/aromatic N) is 1. The average molecular weight is 213 g/mol. The Hall–Kier alpha value is -0.380. The molecule has 14 heavy (non-hydrogen) atoms. The maximum atomic E-state index is 11.5. The van der Waals surface area contributed by atoms with E-state index in [1.54, 1.807) is 0 Å². The minimum atomic E-state index is -3.13. The van der Waals surface area contributed by atoms with Crippen molar-refractivity contribution < 1.29 is 8.42 Å². The molecule has 0 amide bonds. The van der Waals surface area contributed by atoms with Crippen molar-refractivity contribution in [3.05, 3.63) is 0 Å². The van der Waals surface area contributed by atoms with Crippen molar-refractivity contribution in [2.45, 2.75) is 33.1 Å². The first-order valence-corrected chi connectivity index (χ1v) is 6.80. The van der Waals surface area contributed by atoms with E-state index < -0.39 is 10.0 Å². The van der Waals surface area contributed by atoms with Crippen LogP contribution < -0.4 is 0 Å². The summed E-state index contributed by atoms with van der Waals surface area (Å²) in [6.45, 7) is 4.43. The molecule has 0 aromatic rings. The van der Waals surface area contributed by atoms with E-state index in [0.717, 1.165) is 18.6 Å². The summed E-state index contributed by atoms with van der Waals surface area (Å²) in [5, 5.41) is 0. The third-order valence-corrected chi connectivity index (χ3v) is 6.20. The van der Waals surface area contributed by atoms with E-state index in [2.05, 4.69) is 18.2 Å². The van der Waals surface area contributed by atoms with Crippen molar-refractivity contribution in [2.75, 3.05) is 5.75 Å². The summed E-state index contributed by atoms with van der Waals surface area (Å²) in [4.78, 5) is 0. The molecular formula is C10H15NO2S. The van der Waals surface area contributed by atoms with Gasteiger partial charge in [-0.15, -0.1) is 0 Å². The minimum absolute atomic E-state index is 0.0868. The Kier molecular flexibility index (Phi) is 1.32. The number of rotatable bonds is 0. The molecule has 1 spiro atoms. The third-order valence-electron chi connectivity index (χ3n) is 4.84. The molecule has 3 rings (SSSR count). The number of sulfonamides is 1. The SMILES string of the molecule is CC1(C)C2CC[C@@]13CS(=O)(=O)N=C3C2. The molecular weight excluding hydrogens is 198 g/mol. The second-order valence-electron chi connectivity index (χ2n) is 5.51. The van der Waals surface area contributed by atoms with Crippen molar-refractivity contribution in [3.63, 3.8) is 0 Å². The van der Waals surface area contributed by atoms with Crippen LogP contribution in [0.5, 0.6) is 0 Å². The lowest BCUT2D eigenvalue weighted by Gasteiger charge is -2.34. The van der Waals surface area contributed by atoms with E-state index in [1.165, 1.54) is 6.42 Å². The first-order valence-electron chi connectivity index (χ1n) is 5.19. The molecule has 0 radical (unpaired) electrons. The maximum Gasteiger partial charge on any atom is 0.254 e. The lowest BCUT2D eigenvalue weighted by Crippen LogP contribution is -2.37. The summed E-state index contributed by atoms with van der Waals surface area (Å²) in [7, 11) is -3.13. The molecule has 2 saturated carbocycles. The maximum absolute atomic E-state index is 11.5. The molecule has 3 aliphatic rings. The summed E-state index contributed by atoms with van der Waals surface area (Å²) in [5.74, 6) is 0.940. The van der Waals surface area contributed by atoms with Crippen LogP contribution in [0.25, 0.3) is 0 Å². The zero-order chi connectivity index (χ0) is 10.2. The highest BCUT2D eigenvalue weighted by Crippen LogP contribution is 2.66. The predicted octanol–water partition coefficient (Wildman–Crippen LogP) is 1.60. The van der Waals surface area contributed by atoms with Crippen molar-refractivity contribution in [1.29, 1.82) is 0 Å². The Morgan fingerprint density at radius 2 is 2.14 bits per heavy atom. The van der Waals surface area contributed by atoms with Crippen LogP contribution in [-0.2, 0) is 10.0 Å². The van der Waals surface area contributed by atoms with Gasteiger partial charge in [0.25, 0.3) is 10.0 Å². The van der Waals surface area contributed by atoms with Crippen LogP contribution >= 0.6 is 0 Å². The highest BCUT2D eigenvalue weighted by Gasteiger charge is 2.66. The van der Waals surface area contributed by atoms with Gasteiger partial charge in [-0.3, -0.25) is 0 Å². The molecule has 2 bridgehead atoms. The monoisotopic (exact) mass is 213 g/mol. The van der Waals surface area contributed by atoms with Crippen LogP contribution in [-0.4, -0.2) is 19.9 Å². The smallest absolute Gasteiger partial charge is 0.205 e. The highest BCUT2D eigenvalue weighted by atomic mass is 32.2. The Bertz CT molecular complexity index is 435.